The van der Waals surface area contributed by atoms with Crippen molar-refractivity contribution in [3.8, 4) is 0 Å². The first kappa shape index (κ1) is 19.3. The molecule has 1 aromatic heterocycles. The van der Waals surface area contributed by atoms with Gasteiger partial charge in [-0.15, -0.1) is 0 Å². The van der Waals surface area contributed by atoms with Gasteiger partial charge in [-0.2, -0.15) is 0 Å². The van der Waals surface area contributed by atoms with Crippen LogP contribution in [0, 0.1) is 0 Å². The minimum Gasteiger partial charge on any atom is -0.445 e. The van der Waals surface area contributed by atoms with Crippen LogP contribution in [0.1, 0.15) is 17.7 Å². The zero-order chi connectivity index (χ0) is 19.1. The summed E-state index contributed by atoms with van der Waals surface area (Å²) in [6.45, 7) is 1.62. The van der Waals surface area contributed by atoms with Gasteiger partial charge < -0.3 is 24.9 Å². The predicted molar refractivity (Wildman–Crippen MR) is 98.8 cm³/mol. The van der Waals surface area contributed by atoms with Crippen LogP contribution in [0.15, 0.2) is 42.9 Å². The first-order valence-electron chi connectivity index (χ1n) is 9.05. The van der Waals surface area contributed by atoms with Crippen LogP contribution in [0.4, 0.5) is 4.79 Å². The maximum absolute atomic E-state index is 12.1. The Hall–Kier alpha value is -2.42. The summed E-state index contributed by atoms with van der Waals surface area (Å²) in [6, 6.07) is 9.32. The number of ether oxygens (including phenoxy) is 2. The molecule has 2 aromatic rings. The number of likely N-dealkylation sites (tertiary alicyclic amines) is 1. The van der Waals surface area contributed by atoms with E-state index in [-0.39, 0.29) is 18.7 Å². The molecular formula is C19H26N4O4. The number of carbonyl (C=O) groups is 1. The zero-order valence-corrected chi connectivity index (χ0v) is 15.4. The van der Waals surface area contributed by atoms with Crippen molar-refractivity contribution in [1.82, 2.24) is 20.2 Å². The first-order chi connectivity index (χ1) is 13.2. The topological polar surface area (TPSA) is 99.7 Å². The van der Waals surface area contributed by atoms with E-state index >= 15 is 0 Å². The number of carbonyl (C=O) groups excluding carboxylic acids is 1. The molecule has 27 heavy (non-hydrogen) atoms. The number of methoxy groups -OCH3 is 1. The molecule has 1 amide bonds. The third kappa shape index (κ3) is 5.53. The monoisotopic (exact) mass is 374 g/mol. The van der Waals surface area contributed by atoms with Crippen LogP contribution in [0.3, 0.4) is 0 Å². The zero-order valence-electron chi connectivity index (χ0n) is 15.4. The maximum Gasteiger partial charge on any atom is 0.407 e. The van der Waals surface area contributed by atoms with Crippen LogP contribution in [0.2, 0.25) is 0 Å². The highest BCUT2D eigenvalue weighted by Gasteiger charge is 2.33. The smallest absolute Gasteiger partial charge is 0.407 e. The van der Waals surface area contributed by atoms with E-state index in [4.69, 9.17) is 9.47 Å². The highest BCUT2D eigenvalue weighted by molar-refractivity contribution is 5.67. The van der Waals surface area contributed by atoms with Gasteiger partial charge in [0.1, 0.15) is 6.61 Å². The number of imidazole rings is 1. The first-order valence-corrected chi connectivity index (χ1v) is 9.05. The molecule has 1 aromatic carbocycles. The second-order valence-electron chi connectivity index (χ2n) is 6.66. The summed E-state index contributed by atoms with van der Waals surface area (Å²) in [5, 5.41) is 13.1. The van der Waals surface area contributed by atoms with E-state index in [0.29, 0.717) is 13.0 Å². The number of nitrogens with one attached hydrogen (secondary N) is 2. The van der Waals surface area contributed by atoms with Gasteiger partial charge in [0, 0.05) is 44.6 Å². The second-order valence-corrected chi connectivity index (χ2v) is 6.66. The Morgan fingerprint density at radius 2 is 2.26 bits per heavy atom. The normalized spacial score (nSPS) is 19.6. The summed E-state index contributed by atoms with van der Waals surface area (Å²) in [5.41, 5.74) is 1.87. The molecule has 8 nitrogen and oxygen atoms in total. The molecule has 0 saturated carbocycles. The number of rotatable bonds is 8. The number of alkyl carbamates (subject to hydrolysis) is 1. The van der Waals surface area contributed by atoms with Gasteiger partial charge in [0.15, 0.2) is 6.29 Å². The van der Waals surface area contributed by atoms with E-state index in [1.807, 2.05) is 30.3 Å². The number of aliphatic hydroxyl groups excluding tert-OH is 1. The number of amides is 1. The molecule has 1 aliphatic heterocycles. The number of aromatic nitrogens is 2. The molecule has 146 valence electrons. The lowest BCUT2D eigenvalue weighted by Gasteiger charge is -2.30. The lowest BCUT2D eigenvalue weighted by atomic mass is 10.1. The van der Waals surface area contributed by atoms with Crippen LogP contribution >= 0.6 is 0 Å². The van der Waals surface area contributed by atoms with Crippen LogP contribution in [0.25, 0.3) is 0 Å². The van der Waals surface area contributed by atoms with E-state index in [1.165, 1.54) is 7.11 Å². The molecule has 3 atom stereocenters. The fourth-order valence-electron chi connectivity index (χ4n) is 3.33. The molecule has 1 aliphatic rings. The number of aromatic amines is 1. The number of nitrogens with zero attached hydrogens (tertiary/aromatic N) is 2. The minimum atomic E-state index is -0.919. The molecule has 1 fully saturated rings. The summed E-state index contributed by atoms with van der Waals surface area (Å²) in [6.07, 6.45) is 3.38. The van der Waals surface area contributed by atoms with Crippen molar-refractivity contribution in [2.75, 3.05) is 20.2 Å². The molecule has 0 aliphatic carbocycles. The standard InChI is InChI=1S/C19H26N4O4/c1-26-18(24)17(9-16-10-20-13-21-16)23-8-7-15(11-23)22-19(25)27-12-14-5-3-2-4-6-14/h2-6,10,13,15,17-18,24H,7-9,11-12H2,1H3,(H,20,21)(H,22,25)/t15-,17-,18?/m0/s1. The minimum absolute atomic E-state index is 0.0263. The number of aliphatic hydroxyl groups is 1. The molecule has 3 N–H and O–H groups in total. The summed E-state index contributed by atoms with van der Waals surface area (Å²) in [4.78, 5) is 21.2. The molecule has 1 unspecified atom stereocenters. The summed E-state index contributed by atoms with van der Waals surface area (Å²) in [7, 11) is 1.48. The summed E-state index contributed by atoms with van der Waals surface area (Å²) >= 11 is 0. The number of H-pyrrole nitrogens is 1. The van der Waals surface area contributed by atoms with Crippen molar-refractivity contribution >= 4 is 6.09 Å². The number of hydrogen-bond donors (Lipinski definition) is 3. The van der Waals surface area contributed by atoms with Gasteiger partial charge in [0.25, 0.3) is 0 Å². The Bertz CT molecular complexity index is 695. The average molecular weight is 374 g/mol. The molecule has 0 spiro atoms. The third-order valence-corrected chi connectivity index (χ3v) is 4.78. The van der Waals surface area contributed by atoms with Gasteiger partial charge in [-0.3, -0.25) is 4.90 Å². The van der Waals surface area contributed by atoms with Crippen molar-refractivity contribution in [3.63, 3.8) is 0 Å². The van der Waals surface area contributed by atoms with Gasteiger partial charge in [-0.25, -0.2) is 9.78 Å². The summed E-state index contributed by atoms with van der Waals surface area (Å²) in [5.74, 6) is 0. The average Bonchev–Trinajstić information content (AvgIpc) is 3.36. The SMILES string of the molecule is COC(O)[C@H](Cc1cnc[nH]1)N1CC[C@H](NC(=O)OCc2ccccc2)C1. The molecule has 3 rings (SSSR count). The quantitative estimate of drug-likeness (QED) is 0.602. The maximum atomic E-state index is 12.1. The lowest BCUT2D eigenvalue weighted by Crippen LogP contribution is -2.46. The largest absolute Gasteiger partial charge is 0.445 e. The van der Waals surface area contributed by atoms with Gasteiger partial charge in [0.05, 0.1) is 12.4 Å². The van der Waals surface area contributed by atoms with Gasteiger partial charge in [-0.1, -0.05) is 30.3 Å². The van der Waals surface area contributed by atoms with Crippen LogP contribution in [0.5, 0.6) is 0 Å². The molecular weight excluding hydrogens is 348 g/mol. The van der Waals surface area contributed by atoms with Crippen molar-refractivity contribution in [1.29, 1.82) is 0 Å². The fourth-order valence-corrected chi connectivity index (χ4v) is 3.33. The van der Waals surface area contributed by atoms with Crippen molar-refractivity contribution in [2.24, 2.45) is 0 Å². The second kappa shape index (κ2) is 9.50. The molecule has 0 radical (unpaired) electrons. The van der Waals surface area contributed by atoms with Crippen LogP contribution in [-0.4, -0.2) is 64.6 Å². The molecule has 8 heteroatoms. The predicted octanol–water partition coefficient (Wildman–Crippen LogP) is 1.29. The Kier molecular flexibility index (Phi) is 6.80. The number of hydrogen-bond acceptors (Lipinski definition) is 6. The van der Waals surface area contributed by atoms with E-state index in [1.54, 1.807) is 12.5 Å². The van der Waals surface area contributed by atoms with Crippen LogP contribution < -0.4 is 5.32 Å². The third-order valence-electron chi connectivity index (χ3n) is 4.78. The molecule has 0 bridgehead atoms. The van der Waals surface area contributed by atoms with Crippen molar-refractivity contribution in [3.05, 3.63) is 54.1 Å². The van der Waals surface area contributed by atoms with E-state index in [2.05, 4.69) is 20.2 Å². The summed E-state index contributed by atoms with van der Waals surface area (Å²) < 4.78 is 10.4. The van der Waals surface area contributed by atoms with E-state index in [0.717, 1.165) is 24.2 Å². The Labute approximate surface area is 158 Å². The van der Waals surface area contributed by atoms with Gasteiger partial charge >= 0.3 is 6.09 Å². The highest BCUT2D eigenvalue weighted by Crippen LogP contribution is 2.19. The lowest BCUT2D eigenvalue weighted by molar-refractivity contribution is -0.122. The van der Waals surface area contributed by atoms with E-state index < -0.39 is 12.4 Å². The number of benzene rings is 1. The fraction of sp³-hybridized carbons (Fsp3) is 0.474. The van der Waals surface area contributed by atoms with Crippen LogP contribution in [-0.2, 0) is 22.5 Å². The van der Waals surface area contributed by atoms with Gasteiger partial charge in [-0.05, 0) is 12.0 Å². The van der Waals surface area contributed by atoms with Gasteiger partial charge in [0.2, 0.25) is 0 Å². The Morgan fingerprint density at radius 3 is 2.96 bits per heavy atom. The highest BCUT2D eigenvalue weighted by atomic mass is 16.6. The molecule has 2 heterocycles. The Morgan fingerprint density at radius 1 is 1.44 bits per heavy atom. The Balaban J connectivity index is 1.49. The van der Waals surface area contributed by atoms with Crippen molar-refractivity contribution < 1.29 is 19.4 Å². The van der Waals surface area contributed by atoms with Crippen molar-refractivity contribution in [2.45, 2.75) is 37.8 Å². The molecule has 1 saturated heterocycles. The van der Waals surface area contributed by atoms with E-state index in [9.17, 15) is 9.90 Å².